The first kappa shape index (κ1) is 13.1. The molecule has 1 aromatic heterocycles. The van der Waals surface area contributed by atoms with Gasteiger partial charge in [0.1, 0.15) is 0 Å². The van der Waals surface area contributed by atoms with Crippen LogP contribution in [0.25, 0.3) is 0 Å². The van der Waals surface area contributed by atoms with E-state index in [1.54, 1.807) is 19.5 Å². The molecule has 0 spiro atoms. The van der Waals surface area contributed by atoms with E-state index in [2.05, 4.69) is 31.2 Å². The van der Waals surface area contributed by atoms with Gasteiger partial charge in [-0.25, -0.2) is 9.97 Å². The summed E-state index contributed by atoms with van der Waals surface area (Å²) >= 11 is 5.31. The molecular weight excluding hydrogens is 302 g/mol. The van der Waals surface area contributed by atoms with E-state index in [1.807, 2.05) is 11.8 Å². The van der Waals surface area contributed by atoms with Gasteiger partial charge >= 0.3 is 0 Å². The Labute approximate surface area is 114 Å². The number of halogens is 1. The highest BCUT2D eigenvalue weighted by Crippen LogP contribution is 2.29. The third-order valence-corrected chi connectivity index (χ3v) is 4.42. The van der Waals surface area contributed by atoms with Crippen LogP contribution in [0.1, 0.15) is 12.8 Å². The Kier molecular flexibility index (Phi) is 4.64. The number of anilines is 1. The standard InChI is InChI=1S/C11H16BrN3OS/c1-16-11(2-4-17-5-3-11)8-15-10-13-6-9(12)7-14-10/h6-7H,2-5,8H2,1H3,(H,13,14,15). The maximum Gasteiger partial charge on any atom is 0.222 e. The minimum Gasteiger partial charge on any atom is -0.376 e. The van der Waals surface area contributed by atoms with Gasteiger partial charge in [0, 0.05) is 26.0 Å². The number of rotatable bonds is 4. The van der Waals surface area contributed by atoms with Crippen LogP contribution in [0.5, 0.6) is 0 Å². The molecule has 1 N–H and O–H groups in total. The van der Waals surface area contributed by atoms with Gasteiger partial charge in [-0.05, 0) is 40.3 Å². The second-order valence-corrected chi connectivity index (χ2v) is 6.22. The van der Waals surface area contributed by atoms with Crippen LogP contribution in [0.4, 0.5) is 5.95 Å². The number of hydrogen-bond donors (Lipinski definition) is 1. The topological polar surface area (TPSA) is 47.0 Å². The van der Waals surface area contributed by atoms with E-state index >= 15 is 0 Å². The van der Waals surface area contributed by atoms with Crippen molar-refractivity contribution < 1.29 is 4.74 Å². The van der Waals surface area contributed by atoms with E-state index in [4.69, 9.17) is 4.74 Å². The zero-order valence-corrected chi connectivity index (χ0v) is 12.2. The van der Waals surface area contributed by atoms with E-state index in [0.29, 0.717) is 5.95 Å². The molecule has 1 saturated heterocycles. The van der Waals surface area contributed by atoms with Gasteiger partial charge in [-0.1, -0.05) is 0 Å². The summed E-state index contributed by atoms with van der Waals surface area (Å²) in [6, 6.07) is 0. The minimum atomic E-state index is -0.0539. The zero-order valence-electron chi connectivity index (χ0n) is 9.78. The molecule has 0 radical (unpaired) electrons. The molecule has 0 unspecified atom stereocenters. The van der Waals surface area contributed by atoms with Gasteiger partial charge in [-0.15, -0.1) is 0 Å². The Morgan fingerprint density at radius 2 is 2.06 bits per heavy atom. The first-order valence-electron chi connectivity index (χ1n) is 5.58. The zero-order chi connectivity index (χ0) is 12.1. The highest BCUT2D eigenvalue weighted by atomic mass is 79.9. The Morgan fingerprint density at radius 1 is 1.41 bits per heavy atom. The average molecular weight is 318 g/mol. The van der Waals surface area contributed by atoms with Crippen molar-refractivity contribution >= 4 is 33.6 Å². The summed E-state index contributed by atoms with van der Waals surface area (Å²) < 4.78 is 6.57. The van der Waals surface area contributed by atoms with Crippen LogP contribution in [-0.2, 0) is 4.74 Å². The Bertz CT molecular complexity index is 354. The third kappa shape index (κ3) is 3.56. The normalized spacial score (nSPS) is 18.9. The largest absolute Gasteiger partial charge is 0.376 e. The molecule has 4 nitrogen and oxygen atoms in total. The summed E-state index contributed by atoms with van der Waals surface area (Å²) in [4.78, 5) is 8.40. The number of ether oxygens (including phenoxy) is 1. The van der Waals surface area contributed by atoms with Crippen molar-refractivity contribution in [3.8, 4) is 0 Å². The minimum absolute atomic E-state index is 0.0539. The first-order chi connectivity index (χ1) is 8.24. The van der Waals surface area contributed by atoms with Crippen molar-refractivity contribution in [2.45, 2.75) is 18.4 Å². The van der Waals surface area contributed by atoms with Gasteiger partial charge < -0.3 is 10.1 Å². The van der Waals surface area contributed by atoms with Crippen molar-refractivity contribution in [3.05, 3.63) is 16.9 Å². The molecule has 0 amide bonds. The predicted octanol–water partition coefficient (Wildman–Crippen LogP) is 2.56. The van der Waals surface area contributed by atoms with Gasteiger partial charge in [0.25, 0.3) is 0 Å². The highest BCUT2D eigenvalue weighted by Gasteiger charge is 2.32. The molecule has 1 aromatic rings. The second kappa shape index (κ2) is 6.02. The number of nitrogens with one attached hydrogen (secondary N) is 1. The van der Waals surface area contributed by atoms with Gasteiger partial charge in [0.05, 0.1) is 10.1 Å². The third-order valence-electron chi connectivity index (χ3n) is 3.03. The second-order valence-electron chi connectivity index (χ2n) is 4.08. The summed E-state index contributed by atoms with van der Waals surface area (Å²) in [6.45, 7) is 0.770. The van der Waals surface area contributed by atoms with Crippen molar-refractivity contribution in [2.24, 2.45) is 0 Å². The Hall–Kier alpha value is -0.330. The molecule has 94 valence electrons. The van der Waals surface area contributed by atoms with Crippen molar-refractivity contribution in [1.82, 2.24) is 9.97 Å². The lowest BCUT2D eigenvalue weighted by atomic mass is 9.96. The van der Waals surface area contributed by atoms with Crippen molar-refractivity contribution in [1.29, 1.82) is 0 Å². The van der Waals surface area contributed by atoms with Crippen LogP contribution in [0.15, 0.2) is 16.9 Å². The van der Waals surface area contributed by atoms with E-state index in [0.717, 1.165) is 35.4 Å². The first-order valence-corrected chi connectivity index (χ1v) is 7.53. The van der Waals surface area contributed by atoms with Crippen molar-refractivity contribution in [3.63, 3.8) is 0 Å². The van der Waals surface area contributed by atoms with Crippen LogP contribution < -0.4 is 5.32 Å². The van der Waals surface area contributed by atoms with E-state index in [9.17, 15) is 0 Å². The fourth-order valence-electron chi connectivity index (χ4n) is 1.84. The van der Waals surface area contributed by atoms with Gasteiger partial charge in [0.15, 0.2) is 0 Å². The number of thioether (sulfide) groups is 1. The van der Waals surface area contributed by atoms with E-state index in [1.165, 1.54) is 0 Å². The molecule has 0 saturated carbocycles. The molecule has 0 aliphatic carbocycles. The monoisotopic (exact) mass is 317 g/mol. The Morgan fingerprint density at radius 3 is 2.65 bits per heavy atom. The molecule has 0 bridgehead atoms. The molecule has 1 aliphatic rings. The summed E-state index contributed by atoms with van der Waals surface area (Å²) in [5, 5.41) is 3.26. The molecule has 2 rings (SSSR count). The number of nitrogens with zero attached hydrogens (tertiary/aromatic N) is 2. The fraction of sp³-hybridized carbons (Fsp3) is 0.636. The molecule has 1 aliphatic heterocycles. The maximum absolute atomic E-state index is 5.68. The summed E-state index contributed by atoms with van der Waals surface area (Å²) in [5.74, 6) is 2.98. The number of hydrogen-bond acceptors (Lipinski definition) is 5. The van der Waals surface area contributed by atoms with Crippen LogP contribution >= 0.6 is 27.7 Å². The smallest absolute Gasteiger partial charge is 0.222 e. The fourth-order valence-corrected chi connectivity index (χ4v) is 3.28. The Balaban J connectivity index is 1.93. The summed E-state index contributed by atoms with van der Waals surface area (Å²) in [7, 11) is 1.79. The molecule has 17 heavy (non-hydrogen) atoms. The van der Waals surface area contributed by atoms with E-state index < -0.39 is 0 Å². The van der Waals surface area contributed by atoms with Crippen LogP contribution in [0, 0.1) is 0 Å². The lowest BCUT2D eigenvalue weighted by molar-refractivity contribution is -0.00560. The molecule has 0 atom stereocenters. The summed E-state index contributed by atoms with van der Waals surface area (Å²) in [5.41, 5.74) is -0.0539. The van der Waals surface area contributed by atoms with Gasteiger partial charge in [-0.2, -0.15) is 11.8 Å². The van der Waals surface area contributed by atoms with E-state index in [-0.39, 0.29) is 5.60 Å². The molecule has 1 fully saturated rings. The lowest BCUT2D eigenvalue weighted by Gasteiger charge is -2.35. The van der Waals surface area contributed by atoms with Gasteiger partial charge in [0.2, 0.25) is 5.95 Å². The summed E-state index contributed by atoms with van der Waals surface area (Å²) in [6.07, 6.45) is 5.65. The molecular formula is C11H16BrN3OS. The van der Waals surface area contributed by atoms with Crippen LogP contribution in [0.2, 0.25) is 0 Å². The molecule has 0 aromatic carbocycles. The molecule has 2 heterocycles. The van der Waals surface area contributed by atoms with Crippen LogP contribution in [0.3, 0.4) is 0 Å². The van der Waals surface area contributed by atoms with Gasteiger partial charge in [-0.3, -0.25) is 0 Å². The molecule has 6 heteroatoms. The van der Waals surface area contributed by atoms with Crippen molar-refractivity contribution in [2.75, 3.05) is 30.5 Å². The SMILES string of the molecule is COC1(CNc2ncc(Br)cn2)CCSCC1. The van der Waals surface area contributed by atoms with Crippen LogP contribution in [-0.4, -0.2) is 40.7 Å². The number of aromatic nitrogens is 2. The lowest BCUT2D eigenvalue weighted by Crippen LogP contribution is -2.42. The maximum atomic E-state index is 5.68. The highest BCUT2D eigenvalue weighted by molar-refractivity contribution is 9.10. The quantitative estimate of drug-likeness (QED) is 0.924. The predicted molar refractivity (Wildman–Crippen MR) is 74.5 cm³/mol. The average Bonchev–Trinajstić information content (AvgIpc) is 2.39. The number of methoxy groups -OCH3 is 1.